The number of hydrogen-bond acceptors (Lipinski definition) is 2. The average Bonchev–Trinajstić information content (AvgIpc) is 3.18. The van der Waals surface area contributed by atoms with Gasteiger partial charge in [0.15, 0.2) is 0 Å². The summed E-state index contributed by atoms with van der Waals surface area (Å²) in [5.41, 5.74) is 4.17. The van der Waals surface area contributed by atoms with E-state index in [1.54, 1.807) is 7.05 Å². The zero-order valence-electron chi connectivity index (χ0n) is 16.4. The van der Waals surface area contributed by atoms with Gasteiger partial charge in [-0.1, -0.05) is 39.0 Å². The first kappa shape index (κ1) is 26.8. The fourth-order valence-corrected chi connectivity index (χ4v) is 3.90. The molecule has 0 aliphatic heterocycles. The van der Waals surface area contributed by atoms with E-state index in [-0.39, 0.29) is 63.7 Å². The molecule has 3 N–H and O–H groups in total. The van der Waals surface area contributed by atoms with Crippen LogP contribution in [0.4, 0.5) is 0 Å². The molecule has 2 aliphatic rings. The summed E-state index contributed by atoms with van der Waals surface area (Å²) in [4.78, 5) is 19.0. The van der Waals surface area contributed by atoms with E-state index in [1.165, 1.54) is 32.1 Å². The van der Waals surface area contributed by atoms with Gasteiger partial charge in [0.1, 0.15) is 0 Å². The number of fused-ring (bicyclic) bond motifs is 2. The minimum Gasteiger partial charge on any atom is -0.662 e. The van der Waals surface area contributed by atoms with Crippen molar-refractivity contribution in [2.75, 3.05) is 14.1 Å². The molecule has 6 heteroatoms. The topological polar surface area (TPSA) is 86.3 Å². The van der Waals surface area contributed by atoms with Crippen molar-refractivity contribution in [3.05, 3.63) is 5.32 Å². The number of nitrogens with zero attached hydrogens (tertiary/aromatic N) is 1. The predicted molar refractivity (Wildman–Crippen MR) is 96.1 cm³/mol. The van der Waals surface area contributed by atoms with Gasteiger partial charge in [-0.2, -0.15) is 7.05 Å². The molecule has 0 spiro atoms. The summed E-state index contributed by atoms with van der Waals surface area (Å²) in [6, 6.07) is 0.681. The number of nitrogens with one attached hydrogen (secondary N) is 1. The Labute approximate surface area is 191 Å². The van der Waals surface area contributed by atoms with Crippen LogP contribution in [0.2, 0.25) is 0 Å². The Morgan fingerprint density at radius 3 is 2.29 bits per heavy atom. The Kier molecular flexibility index (Phi) is 18.9. The van der Waals surface area contributed by atoms with E-state index < -0.39 is 0 Å². The van der Waals surface area contributed by atoms with Crippen LogP contribution in [0.3, 0.4) is 0 Å². The number of nitrogens with two attached hydrogens (primary N) is 1. The molecule has 0 aromatic carbocycles. The molecule has 2 saturated carbocycles. The molecule has 0 aromatic heterocycles. The van der Waals surface area contributed by atoms with E-state index in [1.807, 2.05) is 7.05 Å². The smallest absolute Gasteiger partial charge is 0.662 e. The van der Waals surface area contributed by atoms with Gasteiger partial charge >= 0.3 is 51.4 Å². The van der Waals surface area contributed by atoms with E-state index >= 15 is 0 Å². The van der Waals surface area contributed by atoms with Crippen molar-refractivity contribution in [3.63, 3.8) is 0 Å². The van der Waals surface area contributed by atoms with Crippen LogP contribution >= 0.6 is 0 Å². The second-order valence-corrected chi connectivity index (χ2v) is 6.49. The van der Waals surface area contributed by atoms with Crippen LogP contribution in [0.5, 0.6) is 0 Å². The number of hydrogen-bond donors (Lipinski definition) is 2. The van der Waals surface area contributed by atoms with Gasteiger partial charge in [-0.05, 0) is 37.5 Å². The van der Waals surface area contributed by atoms with Gasteiger partial charge in [-0.15, -0.1) is 6.04 Å². The molecule has 24 heavy (non-hydrogen) atoms. The molecule has 2 amide bonds. The molecule has 136 valence electrons. The van der Waals surface area contributed by atoms with Crippen molar-refractivity contribution in [1.82, 2.24) is 5.32 Å². The first-order valence-corrected chi connectivity index (χ1v) is 9.02. The number of primary amides is 1. The van der Waals surface area contributed by atoms with Crippen LogP contribution < -0.4 is 62.4 Å². The molecule has 5 nitrogen and oxygen atoms in total. The van der Waals surface area contributed by atoms with E-state index in [9.17, 15) is 4.79 Å². The van der Waals surface area contributed by atoms with Gasteiger partial charge in [0.2, 0.25) is 12.3 Å². The summed E-state index contributed by atoms with van der Waals surface area (Å²) in [7, 11) is 3.66. The Hall–Kier alpha value is 0.536. The van der Waals surface area contributed by atoms with Crippen molar-refractivity contribution in [1.29, 1.82) is 0 Å². The Bertz CT molecular complexity index is 325. The second kappa shape index (κ2) is 17.0. The standard InChI is InChI=1S/C11H20N.C6H13NO.CH3NO.K/c1-3-11(12-2)10-7-8-4-5-9(10)6-8;1-3-4-5-6(8)7-2;2-1-3;/h8-11H,3-7H2,1-2H3;3-5H2,1-2H3,(H,7,8);1H,(H2,2,3);/q-1;;;+1. The number of amides is 2. The molecule has 0 aromatic rings. The number of carbonyl (C=O) groups excluding carboxylic acids is 2. The van der Waals surface area contributed by atoms with Crippen LogP contribution in [0.1, 0.15) is 65.2 Å². The van der Waals surface area contributed by atoms with Gasteiger partial charge in [0.25, 0.3) is 0 Å². The molecule has 0 saturated heterocycles. The summed E-state index contributed by atoms with van der Waals surface area (Å²) in [6.45, 7) is 4.35. The quantitative estimate of drug-likeness (QED) is 0.521. The molecule has 0 radical (unpaired) electrons. The van der Waals surface area contributed by atoms with Crippen LogP contribution in [-0.2, 0) is 9.59 Å². The summed E-state index contributed by atoms with van der Waals surface area (Å²) >= 11 is 0. The maximum atomic E-state index is 10.5. The molecule has 2 bridgehead atoms. The van der Waals surface area contributed by atoms with Crippen LogP contribution in [0.15, 0.2) is 0 Å². The first-order valence-electron chi connectivity index (χ1n) is 9.02. The molecule has 0 heterocycles. The minimum atomic E-state index is 0. The molecule has 2 aliphatic carbocycles. The Morgan fingerprint density at radius 2 is 1.96 bits per heavy atom. The van der Waals surface area contributed by atoms with Gasteiger partial charge < -0.3 is 16.4 Å². The molecular weight excluding hydrogens is 329 g/mol. The van der Waals surface area contributed by atoms with Gasteiger partial charge in [-0.25, -0.2) is 0 Å². The third kappa shape index (κ3) is 10.5. The summed E-state index contributed by atoms with van der Waals surface area (Å²) in [6.07, 6.45) is 10.3. The van der Waals surface area contributed by atoms with E-state index in [0.29, 0.717) is 12.5 Å². The summed E-state index contributed by atoms with van der Waals surface area (Å²) < 4.78 is 0. The maximum Gasteiger partial charge on any atom is 1.00 e. The molecule has 2 rings (SSSR count). The first-order chi connectivity index (χ1) is 11.1. The molecular formula is C18H36KN3O2. The van der Waals surface area contributed by atoms with Gasteiger partial charge in [0, 0.05) is 13.5 Å². The van der Waals surface area contributed by atoms with Crippen molar-refractivity contribution >= 4 is 12.3 Å². The van der Waals surface area contributed by atoms with Gasteiger partial charge in [0.05, 0.1) is 0 Å². The Balaban J connectivity index is 0. The van der Waals surface area contributed by atoms with E-state index in [0.717, 1.165) is 30.6 Å². The molecule has 4 unspecified atom stereocenters. The second-order valence-electron chi connectivity index (χ2n) is 6.49. The fourth-order valence-electron chi connectivity index (χ4n) is 3.90. The largest absolute Gasteiger partial charge is 1.00 e. The van der Waals surface area contributed by atoms with E-state index in [4.69, 9.17) is 4.79 Å². The van der Waals surface area contributed by atoms with Crippen LogP contribution in [-0.4, -0.2) is 32.5 Å². The normalized spacial score (nSPS) is 24.4. The monoisotopic (exact) mass is 365 g/mol. The van der Waals surface area contributed by atoms with Crippen molar-refractivity contribution in [2.24, 2.45) is 23.5 Å². The SMILES string of the molecule is CCC([N-]C)C1CC2CCC1C2.CCCCC(=O)NC.NC=O.[K+]. The minimum absolute atomic E-state index is 0. The zero-order valence-corrected chi connectivity index (χ0v) is 19.5. The Morgan fingerprint density at radius 1 is 1.33 bits per heavy atom. The molecule has 4 atom stereocenters. The van der Waals surface area contributed by atoms with E-state index in [2.05, 4.69) is 30.2 Å². The number of carbonyl (C=O) groups is 2. The average molecular weight is 366 g/mol. The zero-order chi connectivity index (χ0) is 17.7. The third-order valence-corrected chi connectivity index (χ3v) is 5.07. The predicted octanol–water partition coefficient (Wildman–Crippen LogP) is 0.233. The number of unbranched alkanes of at least 4 members (excludes halogenated alkanes) is 1. The summed E-state index contributed by atoms with van der Waals surface area (Å²) in [5, 5.41) is 7.07. The summed E-state index contributed by atoms with van der Waals surface area (Å²) in [5.74, 6) is 3.23. The van der Waals surface area contributed by atoms with Crippen LogP contribution in [0, 0.1) is 17.8 Å². The van der Waals surface area contributed by atoms with Crippen LogP contribution in [0.25, 0.3) is 5.32 Å². The van der Waals surface area contributed by atoms with Crippen molar-refractivity contribution < 1.29 is 61.0 Å². The van der Waals surface area contributed by atoms with Gasteiger partial charge in [-0.3, -0.25) is 9.59 Å². The number of rotatable bonds is 6. The van der Waals surface area contributed by atoms with Crippen molar-refractivity contribution in [2.45, 2.75) is 71.3 Å². The third-order valence-electron chi connectivity index (χ3n) is 5.07. The maximum absolute atomic E-state index is 10.5. The fraction of sp³-hybridized carbons (Fsp3) is 0.889. The van der Waals surface area contributed by atoms with Crippen molar-refractivity contribution in [3.8, 4) is 0 Å². The molecule has 2 fully saturated rings.